The van der Waals surface area contributed by atoms with Gasteiger partial charge in [-0.25, -0.2) is 0 Å². The molecule has 1 heterocycles. The van der Waals surface area contributed by atoms with Gasteiger partial charge in [0.05, 0.1) is 18.0 Å². The molecule has 2 saturated carbocycles. The summed E-state index contributed by atoms with van der Waals surface area (Å²) in [6.45, 7) is 0.158. The number of amides is 1. The Kier molecular flexibility index (Phi) is 7.22. The standard InChI is InChI=1S/C30H31F3N2O2/c31-30(32,33)25-14-15-35(27(36)18-25)19-21-10-12-24(13-11-21)28(23-5-1-2-6-23)29(37)34-26-7-3-4-22(17-26)16-20-8-9-20/h3-4,7,10-15,17-18,20,23,28H,1-2,5-6,8-9,16,19H2,(H,34,37). The third-order valence-corrected chi connectivity index (χ3v) is 7.58. The molecule has 1 N–H and O–H groups in total. The van der Waals surface area contributed by atoms with Crippen LogP contribution in [0.2, 0.25) is 0 Å². The molecule has 2 aromatic carbocycles. The third-order valence-electron chi connectivity index (χ3n) is 7.58. The average Bonchev–Trinajstić information content (AvgIpc) is 3.51. The summed E-state index contributed by atoms with van der Waals surface area (Å²) in [5.41, 5.74) is 2.12. The number of nitrogens with zero attached hydrogens (tertiary/aromatic N) is 1. The van der Waals surface area contributed by atoms with Crippen LogP contribution >= 0.6 is 0 Å². The van der Waals surface area contributed by atoms with E-state index in [0.717, 1.165) is 60.9 Å². The molecule has 0 saturated heterocycles. The molecule has 2 aliphatic rings. The maximum absolute atomic E-state index is 13.5. The van der Waals surface area contributed by atoms with E-state index in [9.17, 15) is 22.8 Å². The summed E-state index contributed by atoms with van der Waals surface area (Å²) in [5.74, 6) is 0.742. The summed E-state index contributed by atoms with van der Waals surface area (Å²) >= 11 is 0. The molecular formula is C30H31F3N2O2. The Labute approximate surface area is 214 Å². The molecule has 37 heavy (non-hydrogen) atoms. The first-order valence-electron chi connectivity index (χ1n) is 13.0. The average molecular weight is 509 g/mol. The fraction of sp³-hybridized carbons (Fsp3) is 0.400. The minimum atomic E-state index is -4.55. The quantitative estimate of drug-likeness (QED) is 0.365. The Morgan fingerprint density at radius 1 is 0.946 bits per heavy atom. The van der Waals surface area contributed by atoms with E-state index in [1.807, 2.05) is 36.4 Å². The van der Waals surface area contributed by atoms with Gasteiger partial charge in [0.25, 0.3) is 5.56 Å². The van der Waals surface area contributed by atoms with Crippen LogP contribution in [0.3, 0.4) is 0 Å². The molecule has 1 unspecified atom stereocenters. The van der Waals surface area contributed by atoms with Crippen molar-refractivity contribution >= 4 is 11.6 Å². The number of nitrogens with one attached hydrogen (secondary N) is 1. The van der Waals surface area contributed by atoms with Crippen molar-refractivity contribution in [2.24, 2.45) is 11.8 Å². The third kappa shape index (κ3) is 6.32. The lowest BCUT2D eigenvalue weighted by Crippen LogP contribution is -2.26. The summed E-state index contributed by atoms with van der Waals surface area (Å²) in [4.78, 5) is 25.7. The monoisotopic (exact) mass is 508 g/mol. The molecule has 2 fully saturated rings. The van der Waals surface area contributed by atoms with Crippen molar-refractivity contribution in [2.45, 2.75) is 63.6 Å². The lowest BCUT2D eigenvalue weighted by atomic mass is 9.83. The predicted octanol–water partition coefficient (Wildman–Crippen LogP) is 6.78. The topological polar surface area (TPSA) is 51.1 Å². The molecule has 0 bridgehead atoms. The molecule has 194 valence electrons. The van der Waals surface area contributed by atoms with Crippen LogP contribution in [-0.2, 0) is 23.9 Å². The van der Waals surface area contributed by atoms with Gasteiger partial charge in [0.15, 0.2) is 0 Å². The molecule has 0 radical (unpaired) electrons. The number of anilines is 1. The van der Waals surface area contributed by atoms with Gasteiger partial charge in [0, 0.05) is 18.0 Å². The zero-order valence-corrected chi connectivity index (χ0v) is 20.6. The number of pyridine rings is 1. The Bertz CT molecular complexity index is 1300. The van der Waals surface area contributed by atoms with Gasteiger partial charge in [0.1, 0.15) is 0 Å². The lowest BCUT2D eigenvalue weighted by Gasteiger charge is -2.24. The second kappa shape index (κ2) is 10.6. The molecule has 4 nitrogen and oxygen atoms in total. The van der Waals surface area contributed by atoms with Crippen LogP contribution < -0.4 is 10.9 Å². The van der Waals surface area contributed by atoms with E-state index < -0.39 is 17.3 Å². The fourth-order valence-electron chi connectivity index (χ4n) is 5.42. The van der Waals surface area contributed by atoms with E-state index in [1.165, 1.54) is 29.2 Å². The molecule has 0 spiro atoms. The van der Waals surface area contributed by atoms with Gasteiger partial charge in [-0.1, -0.05) is 49.2 Å². The van der Waals surface area contributed by atoms with Gasteiger partial charge in [-0.15, -0.1) is 0 Å². The highest BCUT2D eigenvalue weighted by Crippen LogP contribution is 2.38. The van der Waals surface area contributed by atoms with Crippen LogP contribution in [0.25, 0.3) is 0 Å². The van der Waals surface area contributed by atoms with Crippen molar-refractivity contribution in [1.82, 2.24) is 4.57 Å². The Morgan fingerprint density at radius 3 is 2.32 bits per heavy atom. The number of alkyl halides is 3. The van der Waals surface area contributed by atoms with Crippen molar-refractivity contribution in [3.63, 3.8) is 0 Å². The number of aromatic nitrogens is 1. The van der Waals surface area contributed by atoms with Gasteiger partial charge in [-0.3, -0.25) is 9.59 Å². The Hall–Kier alpha value is -3.35. The number of halogens is 3. The molecule has 7 heteroatoms. The fourth-order valence-corrected chi connectivity index (χ4v) is 5.42. The number of hydrogen-bond donors (Lipinski definition) is 1. The first kappa shape index (κ1) is 25.3. The van der Waals surface area contributed by atoms with Gasteiger partial charge < -0.3 is 9.88 Å². The van der Waals surface area contributed by atoms with E-state index in [4.69, 9.17) is 0 Å². The second-order valence-electron chi connectivity index (χ2n) is 10.5. The van der Waals surface area contributed by atoms with Crippen LogP contribution in [0, 0.1) is 11.8 Å². The summed E-state index contributed by atoms with van der Waals surface area (Å²) in [7, 11) is 0. The van der Waals surface area contributed by atoms with Crippen molar-refractivity contribution in [1.29, 1.82) is 0 Å². The molecule has 1 aromatic heterocycles. The van der Waals surface area contributed by atoms with Crippen LogP contribution in [0.15, 0.2) is 71.7 Å². The Balaban J connectivity index is 1.32. The zero-order valence-electron chi connectivity index (χ0n) is 20.6. The first-order valence-corrected chi connectivity index (χ1v) is 13.0. The molecule has 1 atom stereocenters. The molecule has 2 aliphatic carbocycles. The number of hydrogen-bond acceptors (Lipinski definition) is 2. The maximum Gasteiger partial charge on any atom is 0.416 e. The van der Waals surface area contributed by atoms with E-state index in [1.54, 1.807) is 0 Å². The molecule has 5 rings (SSSR count). The van der Waals surface area contributed by atoms with Crippen molar-refractivity contribution in [3.8, 4) is 0 Å². The normalized spacial score (nSPS) is 17.1. The first-order chi connectivity index (χ1) is 17.8. The predicted molar refractivity (Wildman–Crippen MR) is 137 cm³/mol. The van der Waals surface area contributed by atoms with Crippen LogP contribution in [0.1, 0.15) is 66.7 Å². The highest BCUT2D eigenvalue weighted by atomic mass is 19.4. The van der Waals surface area contributed by atoms with E-state index in [0.29, 0.717) is 6.07 Å². The van der Waals surface area contributed by atoms with Crippen molar-refractivity contribution in [3.05, 3.63) is 99.5 Å². The summed E-state index contributed by atoms with van der Waals surface area (Å²) in [5, 5.41) is 3.15. The lowest BCUT2D eigenvalue weighted by molar-refractivity contribution is -0.137. The van der Waals surface area contributed by atoms with Crippen LogP contribution in [-0.4, -0.2) is 10.5 Å². The highest BCUT2D eigenvalue weighted by molar-refractivity contribution is 5.96. The maximum atomic E-state index is 13.5. The number of rotatable bonds is 8. The van der Waals surface area contributed by atoms with Crippen LogP contribution in [0.5, 0.6) is 0 Å². The summed E-state index contributed by atoms with van der Waals surface area (Å²) in [6, 6.07) is 17.2. The summed E-state index contributed by atoms with van der Waals surface area (Å²) < 4.78 is 39.9. The minimum absolute atomic E-state index is 0.0119. The van der Waals surface area contributed by atoms with Crippen molar-refractivity contribution in [2.75, 3.05) is 5.32 Å². The minimum Gasteiger partial charge on any atom is -0.326 e. The highest BCUT2D eigenvalue weighted by Gasteiger charge is 2.33. The van der Waals surface area contributed by atoms with E-state index in [-0.39, 0.29) is 24.3 Å². The smallest absolute Gasteiger partial charge is 0.326 e. The van der Waals surface area contributed by atoms with Crippen molar-refractivity contribution < 1.29 is 18.0 Å². The van der Waals surface area contributed by atoms with Gasteiger partial charge in [-0.2, -0.15) is 13.2 Å². The SMILES string of the molecule is O=C(Nc1cccc(CC2CC2)c1)C(c1ccc(Cn2ccc(C(F)(F)F)cc2=O)cc1)C1CCCC1. The molecular weight excluding hydrogens is 477 g/mol. The second-order valence-corrected chi connectivity index (χ2v) is 10.5. The van der Waals surface area contributed by atoms with Gasteiger partial charge >= 0.3 is 6.18 Å². The van der Waals surface area contributed by atoms with Crippen LogP contribution in [0.4, 0.5) is 18.9 Å². The van der Waals surface area contributed by atoms with E-state index in [2.05, 4.69) is 17.4 Å². The Morgan fingerprint density at radius 2 is 1.68 bits per heavy atom. The number of carbonyl (C=O) groups is 1. The molecule has 3 aromatic rings. The number of carbonyl (C=O) groups excluding carboxylic acids is 1. The van der Waals surface area contributed by atoms with E-state index >= 15 is 0 Å². The number of benzene rings is 2. The molecule has 0 aliphatic heterocycles. The molecule has 1 amide bonds. The zero-order chi connectivity index (χ0) is 26.0. The van der Waals surface area contributed by atoms with Gasteiger partial charge in [-0.05, 0) is 78.8 Å². The summed E-state index contributed by atoms with van der Waals surface area (Å²) in [6.07, 6.45) is 4.47. The van der Waals surface area contributed by atoms with Gasteiger partial charge in [0.2, 0.25) is 5.91 Å². The largest absolute Gasteiger partial charge is 0.416 e.